The summed E-state index contributed by atoms with van der Waals surface area (Å²) in [4.78, 5) is 6.98. The predicted molar refractivity (Wildman–Crippen MR) is 59.3 cm³/mol. The highest BCUT2D eigenvalue weighted by Crippen LogP contribution is 2.17. The highest BCUT2D eigenvalue weighted by Gasteiger charge is 1.97. The molecule has 0 spiro atoms. The summed E-state index contributed by atoms with van der Waals surface area (Å²) in [6.45, 7) is 4.92. The molecule has 1 heterocycles. The fourth-order valence-corrected chi connectivity index (χ4v) is 1.87. The van der Waals surface area contributed by atoms with Crippen LogP contribution in [-0.2, 0) is 13.0 Å². The van der Waals surface area contributed by atoms with Gasteiger partial charge in [-0.05, 0) is 18.6 Å². The minimum Gasteiger partial charge on any atom is -0.387 e. The van der Waals surface area contributed by atoms with Gasteiger partial charge in [-0.3, -0.25) is 4.99 Å². The van der Waals surface area contributed by atoms with Crippen molar-refractivity contribution in [2.45, 2.75) is 33.2 Å². The zero-order chi connectivity index (χ0) is 9.68. The molecule has 0 fully saturated rings. The van der Waals surface area contributed by atoms with E-state index in [1.54, 1.807) is 0 Å². The van der Waals surface area contributed by atoms with Gasteiger partial charge in [-0.25, -0.2) is 0 Å². The summed E-state index contributed by atoms with van der Waals surface area (Å²) < 4.78 is 0. The summed E-state index contributed by atoms with van der Waals surface area (Å²) in [5.41, 5.74) is 5.61. The third kappa shape index (κ3) is 3.19. The van der Waals surface area contributed by atoms with Crippen LogP contribution in [0.25, 0.3) is 0 Å². The van der Waals surface area contributed by atoms with Gasteiger partial charge < -0.3 is 5.73 Å². The Morgan fingerprint density at radius 2 is 2.08 bits per heavy atom. The molecule has 1 rings (SSSR count). The van der Waals surface area contributed by atoms with E-state index in [0.717, 1.165) is 25.2 Å². The lowest BCUT2D eigenvalue weighted by atomic mass is 10.3. The summed E-state index contributed by atoms with van der Waals surface area (Å²) in [6.07, 6.45) is 1.95. The molecule has 2 nitrogen and oxygen atoms in total. The van der Waals surface area contributed by atoms with E-state index in [-0.39, 0.29) is 0 Å². The van der Waals surface area contributed by atoms with Gasteiger partial charge in [0, 0.05) is 16.2 Å². The summed E-state index contributed by atoms with van der Waals surface area (Å²) in [5, 5.41) is 0. The number of hydrogen-bond donors (Lipinski definition) is 1. The Kier molecular flexibility index (Phi) is 3.96. The molecule has 0 aliphatic carbocycles. The van der Waals surface area contributed by atoms with E-state index in [1.165, 1.54) is 9.75 Å². The molecule has 0 aromatic carbocycles. The lowest BCUT2D eigenvalue weighted by Gasteiger charge is -1.94. The largest absolute Gasteiger partial charge is 0.387 e. The van der Waals surface area contributed by atoms with Crippen molar-refractivity contribution in [3.05, 3.63) is 21.9 Å². The predicted octanol–water partition coefficient (Wildman–Crippen LogP) is 2.58. The van der Waals surface area contributed by atoms with Crippen LogP contribution in [0.3, 0.4) is 0 Å². The number of amidine groups is 1. The van der Waals surface area contributed by atoms with Gasteiger partial charge in [-0.15, -0.1) is 11.3 Å². The van der Waals surface area contributed by atoms with Crippen molar-refractivity contribution in [1.82, 2.24) is 0 Å². The van der Waals surface area contributed by atoms with Crippen molar-refractivity contribution in [2.75, 3.05) is 0 Å². The van der Waals surface area contributed by atoms with Gasteiger partial charge in [0.25, 0.3) is 0 Å². The van der Waals surface area contributed by atoms with Gasteiger partial charge in [0.2, 0.25) is 0 Å². The van der Waals surface area contributed by atoms with Gasteiger partial charge in [0.05, 0.1) is 12.4 Å². The number of nitrogens with zero attached hydrogens (tertiary/aromatic N) is 1. The van der Waals surface area contributed by atoms with Crippen LogP contribution in [-0.4, -0.2) is 5.84 Å². The number of hydrogen-bond acceptors (Lipinski definition) is 2. The molecule has 0 radical (unpaired) electrons. The zero-order valence-corrected chi connectivity index (χ0v) is 9.03. The van der Waals surface area contributed by atoms with Crippen molar-refractivity contribution in [3.8, 4) is 0 Å². The molecule has 0 saturated heterocycles. The minimum atomic E-state index is 0.740. The second-order valence-corrected chi connectivity index (χ2v) is 4.14. The second-order valence-electron chi connectivity index (χ2n) is 2.88. The average molecular weight is 196 g/mol. The molecule has 0 amide bonds. The maximum absolute atomic E-state index is 5.61. The lowest BCUT2D eigenvalue weighted by molar-refractivity contribution is 1.06. The van der Waals surface area contributed by atoms with Crippen LogP contribution in [0.1, 0.15) is 30.0 Å². The van der Waals surface area contributed by atoms with Gasteiger partial charge in [0.1, 0.15) is 0 Å². The van der Waals surface area contributed by atoms with E-state index in [0.29, 0.717) is 0 Å². The standard InChI is InChI=1S/C10H16N2S/c1-3-8-5-6-9(13-8)7-12-10(11)4-2/h5-6H,3-4,7H2,1-2H3,(H2,11,12). The van der Waals surface area contributed by atoms with Gasteiger partial charge in [0.15, 0.2) is 0 Å². The fraction of sp³-hybridized carbons (Fsp3) is 0.500. The van der Waals surface area contributed by atoms with E-state index < -0.39 is 0 Å². The van der Waals surface area contributed by atoms with Crippen LogP contribution < -0.4 is 5.73 Å². The Morgan fingerprint density at radius 1 is 1.38 bits per heavy atom. The molecule has 3 heteroatoms. The highest BCUT2D eigenvalue weighted by atomic mass is 32.1. The van der Waals surface area contributed by atoms with Crippen molar-refractivity contribution in [3.63, 3.8) is 0 Å². The molecular formula is C10H16N2S. The summed E-state index contributed by atoms with van der Waals surface area (Å²) in [7, 11) is 0. The van der Waals surface area contributed by atoms with Crippen LogP contribution >= 0.6 is 11.3 Å². The van der Waals surface area contributed by atoms with E-state index in [9.17, 15) is 0 Å². The Morgan fingerprint density at radius 3 is 2.62 bits per heavy atom. The van der Waals surface area contributed by atoms with Crippen LogP contribution in [0, 0.1) is 0 Å². The molecule has 0 aliphatic heterocycles. The van der Waals surface area contributed by atoms with Crippen LogP contribution in [0.2, 0.25) is 0 Å². The molecule has 0 atom stereocenters. The summed E-state index contributed by atoms with van der Waals surface area (Å²) >= 11 is 1.82. The first-order valence-electron chi connectivity index (χ1n) is 4.62. The van der Waals surface area contributed by atoms with Gasteiger partial charge >= 0.3 is 0 Å². The maximum atomic E-state index is 5.61. The number of aryl methyl sites for hydroxylation is 1. The Labute approximate surface area is 83.5 Å². The van der Waals surface area contributed by atoms with Crippen LogP contribution in [0.4, 0.5) is 0 Å². The average Bonchev–Trinajstić information content (AvgIpc) is 2.61. The molecule has 1 aromatic rings. The molecule has 13 heavy (non-hydrogen) atoms. The van der Waals surface area contributed by atoms with E-state index in [4.69, 9.17) is 5.73 Å². The van der Waals surface area contributed by atoms with Crippen molar-refractivity contribution < 1.29 is 0 Å². The number of rotatable bonds is 4. The SMILES string of the molecule is CCC(N)=NCc1ccc(CC)s1. The first-order chi connectivity index (χ1) is 6.26. The summed E-state index contributed by atoms with van der Waals surface area (Å²) in [5.74, 6) is 0.742. The van der Waals surface area contributed by atoms with Gasteiger partial charge in [-0.1, -0.05) is 13.8 Å². The Hall–Kier alpha value is -0.830. The Balaban J connectivity index is 2.54. The minimum absolute atomic E-state index is 0.740. The number of aliphatic imine (C=N–C) groups is 1. The third-order valence-electron chi connectivity index (χ3n) is 1.87. The zero-order valence-electron chi connectivity index (χ0n) is 8.21. The molecule has 1 aromatic heterocycles. The van der Waals surface area contributed by atoms with Crippen molar-refractivity contribution in [1.29, 1.82) is 0 Å². The van der Waals surface area contributed by atoms with E-state index in [2.05, 4.69) is 24.0 Å². The Bertz CT molecular complexity index is 289. The monoisotopic (exact) mass is 196 g/mol. The van der Waals surface area contributed by atoms with Gasteiger partial charge in [-0.2, -0.15) is 0 Å². The molecule has 0 aliphatic rings. The topological polar surface area (TPSA) is 38.4 Å². The van der Waals surface area contributed by atoms with Crippen LogP contribution in [0.5, 0.6) is 0 Å². The summed E-state index contributed by atoms with van der Waals surface area (Å²) in [6, 6.07) is 4.30. The normalized spacial score (nSPS) is 12.0. The second kappa shape index (κ2) is 5.02. The number of thiophene rings is 1. The van der Waals surface area contributed by atoms with E-state index >= 15 is 0 Å². The first-order valence-corrected chi connectivity index (χ1v) is 5.44. The molecular weight excluding hydrogens is 180 g/mol. The molecule has 0 bridgehead atoms. The molecule has 72 valence electrons. The quantitative estimate of drug-likeness (QED) is 0.583. The third-order valence-corrected chi connectivity index (χ3v) is 3.08. The number of nitrogens with two attached hydrogens (primary N) is 1. The lowest BCUT2D eigenvalue weighted by Crippen LogP contribution is -2.09. The smallest absolute Gasteiger partial charge is 0.0938 e. The highest BCUT2D eigenvalue weighted by molar-refractivity contribution is 7.11. The van der Waals surface area contributed by atoms with E-state index in [1.807, 2.05) is 18.3 Å². The first kappa shape index (κ1) is 10.3. The van der Waals surface area contributed by atoms with Crippen LogP contribution in [0.15, 0.2) is 17.1 Å². The molecule has 2 N–H and O–H groups in total. The van der Waals surface area contributed by atoms with Crippen molar-refractivity contribution >= 4 is 17.2 Å². The molecule has 0 saturated carbocycles. The van der Waals surface area contributed by atoms with Crippen molar-refractivity contribution in [2.24, 2.45) is 10.7 Å². The fourth-order valence-electron chi connectivity index (χ4n) is 0.989. The maximum Gasteiger partial charge on any atom is 0.0938 e. The molecule has 0 unspecified atom stereocenters.